The molecule has 12 nitrogen and oxygen atoms in total. The summed E-state index contributed by atoms with van der Waals surface area (Å²) in [5.41, 5.74) is 2.48. The number of carbonyl (C=O) groups is 2. The summed E-state index contributed by atoms with van der Waals surface area (Å²) in [6, 6.07) is 4.06. The summed E-state index contributed by atoms with van der Waals surface area (Å²) in [5, 5.41) is 15.7. The molecule has 0 saturated carbocycles. The van der Waals surface area contributed by atoms with Gasteiger partial charge in [0.25, 0.3) is 5.91 Å². The third-order valence-electron chi connectivity index (χ3n) is 6.35. The molecule has 0 aromatic carbocycles. The van der Waals surface area contributed by atoms with Crippen molar-refractivity contribution in [3.8, 4) is 17.1 Å². The standard InChI is InChI=1S/C24H25F3N8O4/c1-23(6-10-29-11-7-23)35(22(37)38)14-4-3-8-31-20(14)34-21(36)18-19(28)32-12-13(33-18)17-16(24(25,26)27)15(39-2)5-9-30-17/h3-5,8-9,12,29H,6-7,10-11H2,1-2H3,(H2,28,32)(H,37,38)(H,31,34,36). The first kappa shape index (κ1) is 27.5. The fraction of sp³-hybridized carbons (Fsp3) is 0.333. The number of hydrogen-bond acceptors (Lipinski definition) is 9. The minimum absolute atomic E-state index is 0.105. The van der Waals surface area contributed by atoms with E-state index in [1.165, 1.54) is 18.3 Å². The molecule has 3 aromatic heterocycles. The summed E-state index contributed by atoms with van der Waals surface area (Å²) >= 11 is 0. The maximum absolute atomic E-state index is 13.8. The van der Waals surface area contributed by atoms with Gasteiger partial charge in [-0.05, 0) is 51.1 Å². The van der Waals surface area contributed by atoms with Gasteiger partial charge in [-0.1, -0.05) is 0 Å². The van der Waals surface area contributed by atoms with Gasteiger partial charge in [0.15, 0.2) is 17.3 Å². The zero-order chi connectivity index (χ0) is 28.4. The lowest BCUT2D eigenvalue weighted by Gasteiger charge is -2.42. The molecule has 1 aliphatic rings. The quantitative estimate of drug-likeness (QED) is 0.359. The molecule has 0 bridgehead atoms. The molecule has 206 valence electrons. The number of piperidine rings is 1. The van der Waals surface area contributed by atoms with Crippen LogP contribution in [0.3, 0.4) is 0 Å². The number of nitrogens with zero attached hydrogens (tertiary/aromatic N) is 5. The molecule has 5 N–H and O–H groups in total. The average Bonchev–Trinajstić information content (AvgIpc) is 2.89. The van der Waals surface area contributed by atoms with Crippen LogP contribution in [0.4, 0.5) is 35.3 Å². The van der Waals surface area contributed by atoms with Gasteiger partial charge in [0, 0.05) is 12.4 Å². The molecule has 0 unspecified atom stereocenters. The van der Waals surface area contributed by atoms with Gasteiger partial charge >= 0.3 is 12.3 Å². The van der Waals surface area contributed by atoms with Crippen molar-refractivity contribution in [3.63, 3.8) is 0 Å². The van der Waals surface area contributed by atoms with Gasteiger partial charge in [-0.25, -0.2) is 19.7 Å². The molecule has 2 amide bonds. The first-order valence-electron chi connectivity index (χ1n) is 11.7. The minimum Gasteiger partial charge on any atom is -0.496 e. The highest BCUT2D eigenvalue weighted by Crippen LogP contribution is 2.41. The minimum atomic E-state index is -4.85. The van der Waals surface area contributed by atoms with Gasteiger partial charge in [0.05, 0.1) is 24.5 Å². The SMILES string of the molecule is COc1ccnc(-c2cnc(N)c(C(=O)Nc3ncccc3N(C(=O)O)C3(C)CCNCC3)n2)c1C(F)(F)F. The number of hydrogen-bond donors (Lipinski definition) is 4. The number of rotatable bonds is 6. The lowest BCUT2D eigenvalue weighted by molar-refractivity contribution is -0.138. The van der Waals surface area contributed by atoms with Gasteiger partial charge in [0.1, 0.15) is 22.7 Å². The molecule has 4 rings (SSSR count). The smallest absolute Gasteiger partial charge is 0.422 e. The predicted octanol–water partition coefficient (Wildman–Crippen LogP) is 3.42. The second-order valence-corrected chi connectivity index (χ2v) is 8.91. The highest BCUT2D eigenvalue weighted by Gasteiger charge is 2.40. The number of nitrogen functional groups attached to an aromatic ring is 1. The number of nitrogens with two attached hydrogens (primary N) is 1. The van der Waals surface area contributed by atoms with Crippen molar-refractivity contribution in [2.45, 2.75) is 31.5 Å². The Morgan fingerprint density at radius 1 is 1.18 bits per heavy atom. The van der Waals surface area contributed by atoms with Crippen LogP contribution in [0.2, 0.25) is 0 Å². The number of pyridine rings is 2. The molecule has 1 fully saturated rings. The lowest BCUT2D eigenvalue weighted by Crippen LogP contribution is -2.55. The molecule has 1 saturated heterocycles. The number of anilines is 3. The van der Waals surface area contributed by atoms with E-state index in [4.69, 9.17) is 10.5 Å². The molecule has 39 heavy (non-hydrogen) atoms. The fourth-order valence-electron chi connectivity index (χ4n) is 4.42. The Morgan fingerprint density at radius 2 is 1.90 bits per heavy atom. The van der Waals surface area contributed by atoms with E-state index in [-0.39, 0.29) is 23.0 Å². The zero-order valence-corrected chi connectivity index (χ0v) is 20.9. The van der Waals surface area contributed by atoms with Crippen molar-refractivity contribution >= 4 is 29.3 Å². The summed E-state index contributed by atoms with van der Waals surface area (Å²) in [7, 11) is 1.08. The Balaban J connectivity index is 1.73. The summed E-state index contributed by atoms with van der Waals surface area (Å²) in [6.07, 6.45) is -1.66. The van der Waals surface area contributed by atoms with Gasteiger partial charge in [-0.15, -0.1) is 0 Å². The number of alkyl halides is 3. The first-order valence-corrected chi connectivity index (χ1v) is 11.7. The van der Waals surface area contributed by atoms with Gasteiger partial charge < -0.3 is 26.2 Å². The van der Waals surface area contributed by atoms with Crippen molar-refractivity contribution in [2.24, 2.45) is 0 Å². The number of carboxylic acid groups (broad SMARTS) is 1. The van der Waals surface area contributed by atoms with Crippen LogP contribution in [0, 0.1) is 0 Å². The Kier molecular flexibility index (Phi) is 7.53. The van der Waals surface area contributed by atoms with Crippen LogP contribution in [0.1, 0.15) is 35.8 Å². The molecular formula is C24H25F3N8O4. The molecule has 15 heteroatoms. The van der Waals surface area contributed by atoms with Crippen LogP contribution in [0.15, 0.2) is 36.8 Å². The number of aromatic nitrogens is 4. The van der Waals surface area contributed by atoms with Crippen molar-refractivity contribution in [1.82, 2.24) is 25.3 Å². The van der Waals surface area contributed by atoms with E-state index in [1.807, 2.05) is 0 Å². The highest BCUT2D eigenvalue weighted by atomic mass is 19.4. The van der Waals surface area contributed by atoms with E-state index in [1.54, 1.807) is 6.92 Å². The van der Waals surface area contributed by atoms with Gasteiger partial charge in [0.2, 0.25) is 0 Å². The number of carbonyl (C=O) groups excluding carboxylic acids is 1. The number of nitrogens with one attached hydrogen (secondary N) is 2. The topological polar surface area (TPSA) is 168 Å². The molecule has 3 aromatic rings. The number of halogens is 3. The van der Waals surface area contributed by atoms with Crippen LogP contribution < -0.4 is 26.0 Å². The molecule has 0 radical (unpaired) electrons. The van der Waals surface area contributed by atoms with E-state index in [9.17, 15) is 27.9 Å². The van der Waals surface area contributed by atoms with E-state index in [0.717, 1.165) is 30.5 Å². The number of ether oxygens (including phenoxy) is 1. The van der Waals surface area contributed by atoms with Crippen molar-refractivity contribution < 1.29 is 32.6 Å². The molecule has 0 spiro atoms. The summed E-state index contributed by atoms with van der Waals surface area (Å²) in [6.45, 7) is 2.99. The second-order valence-electron chi connectivity index (χ2n) is 8.91. The Bertz CT molecular complexity index is 1400. The van der Waals surface area contributed by atoms with Crippen molar-refractivity contribution in [1.29, 1.82) is 0 Å². The van der Waals surface area contributed by atoms with Gasteiger partial charge in [-0.3, -0.25) is 14.7 Å². The average molecular weight is 547 g/mol. The largest absolute Gasteiger partial charge is 0.496 e. The Hall–Kier alpha value is -4.53. The first-order chi connectivity index (χ1) is 18.5. The summed E-state index contributed by atoms with van der Waals surface area (Å²) < 4.78 is 46.4. The number of amides is 2. The molecule has 0 aliphatic carbocycles. The Morgan fingerprint density at radius 3 is 2.54 bits per heavy atom. The van der Waals surface area contributed by atoms with E-state index in [2.05, 4.69) is 30.6 Å². The van der Waals surface area contributed by atoms with Crippen LogP contribution in [0.5, 0.6) is 5.75 Å². The van der Waals surface area contributed by atoms with Gasteiger partial charge in [-0.2, -0.15) is 13.2 Å². The monoisotopic (exact) mass is 546 g/mol. The lowest BCUT2D eigenvalue weighted by atomic mass is 9.88. The van der Waals surface area contributed by atoms with Crippen molar-refractivity contribution in [3.05, 3.63) is 48.0 Å². The van der Waals surface area contributed by atoms with Crippen LogP contribution in [0.25, 0.3) is 11.4 Å². The van der Waals surface area contributed by atoms with Crippen LogP contribution >= 0.6 is 0 Å². The fourth-order valence-corrected chi connectivity index (χ4v) is 4.42. The summed E-state index contributed by atoms with van der Waals surface area (Å²) in [5.74, 6) is -1.92. The molecular weight excluding hydrogens is 521 g/mol. The van der Waals surface area contributed by atoms with Crippen LogP contribution in [-0.2, 0) is 6.18 Å². The number of methoxy groups -OCH3 is 1. The van der Waals surface area contributed by atoms with E-state index < -0.39 is 46.4 Å². The zero-order valence-electron chi connectivity index (χ0n) is 20.9. The molecule has 1 aliphatic heterocycles. The van der Waals surface area contributed by atoms with E-state index in [0.29, 0.717) is 25.9 Å². The normalized spacial score (nSPS) is 14.9. The van der Waals surface area contributed by atoms with Crippen LogP contribution in [-0.4, -0.2) is 62.8 Å². The maximum Gasteiger partial charge on any atom is 0.422 e. The predicted molar refractivity (Wildman–Crippen MR) is 134 cm³/mol. The molecule has 0 atom stereocenters. The summed E-state index contributed by atoms with van der Waals surface area (Å²) in [4.78, 5) is 42.5. The van der Waals surface area contributed by atoms with Crippen molar-refractivity contribution in [2.75, 3.05) is 36.1 Å². The maximum atomic E-state index is 13.8. The third-order valence-corrected chi connectivity index (χ3v) is 6.35. The van der Waals surface area contributed by atoms with E-state index >= 15 is 0 Å². The Labute approximate surface area is 220 Å². The molecule has 4 heterocycles. The third kappa shape index (κ3) is 5.52. The highest BCUT2D eigenvalue weighted by molar-refractivity contribution is 6.07. The second kappa shape index (κ2) is 10.7.